The van der Waals surface area contributed by atoms with E-state index in [1.54, 1.807) is 11.3 Å². The van der Waals surface area contributed by atoms with Crippen LogP contribution in [0.2, 0.25) is 0 Å². The van der Waals surface area contributed by atoms with Crippen LogP contribution >= 0.6 is 11.3 Å². The highest BCUT2D eigenvalue weighted by Crippen LogP contribution is 2.24. The topological polar surface area (TPSA) is 23.5 Å². The summed E-state index contributed by atoms with van der Waals surface area (Å²) in [6.07, 6.45) is 0.532. The van der Waals surface area contributed by atoms with E-state index in [9.17, 15) is 0 Å². The first-order valence-electron chi connectivity index (χ1n) is 7.23. The predicted octanol–water partition coefficient (Wildman–Crippen LogP) is 3.82. The number of aliphatic hydroxyl groups excluding tert-OH is 1. The SMILES string of the molecule is CCN(Cc1sccc1C#CCCO)c1ccccc1C. The fraction of sp³-hybridized carbons (Fsp3) is 0.333. The first kappa shape index (κ1) is 15.6. The van der Waals surface area contributed by atoms with E-state index in [0.29, 0.717) is 6.42 Å². The number of hydrogen-bond donors (Lipinski definition) is 1. The van der Waals surface area contributed by atoms with Gasteiger partial charge in [0.15, 0.2) is 0 Å². The molecule has 21 heavy (non-hydrogen) atoms. The molecule has 1 heterocycles. The molecule has 0 fully saturated rings. The summed E-state index contributed by atoms with van der Waals surface area (Å²) in [4.78, 5) is 3.66. The zero-order valence-electron chi connectivity index (χ0n) is 12.6. The van der Waals surface area contributed by atoms with Crippen LogP contribution in [0.3, 0.4) is 0 Å². The molecule has 1 aromatic carbocycles. The van der Waals surface area contributed by atoms with Gasteiger partial charge in [-0.1, -0.05) is 30.0 Å². The largest absolute Gasteiger partial charge is 0.395 e. The molecule has 1 N–H and O–H groups in total. The van der Waals surface area contributed by atoms with Crippen molar-refractivity contribution in [2.75, 3.05) is 18.1 Å². The Balaban J connectivity index is 2.19. The van der Waals surface area contributed by atoms with Crippen LogP contribution in [0.25, 0.3) is 0 Å². The van der Waals surface area contributed by atoms with Crippen LogP contribution in [0.1, 0.15) is 29.3 Å². The summed E-state index contributed by atoms with van der Waals surface area (Å²) < 4.78 is 0. The zero-order chi connectivity index (χ0) is 15.1. The van der Waals surface area contributed by atoms with Gasteiger partial charge in [0.25, 0.3) is 0 Å². The molecule has 2 nitrogen and oxygen atoms in total. The molecule has 0 atom stereocenters. The quantitative estimate of drug-likeness (QED) is 0.849. The second-order valence-corrected chi connectivity index (χ2v) is 5.83. The van der Waals surface area contributed by atoms with Crippen molar-refractivity contribution >= 4 is 17.0 Å². The van der Waals surface area contributed by atoms with Gasteiger partial charge < -0.3 is 10.0 Å². The van der Waals surface area contributed by atoms with Gasteiger partial charge in [0, 0.05) is 29.1 Å². The molecular weight excluding hydrogens is 278 g/mol. The normalized spacial score (nSPS) is 10.0. The average molecular weight is 299 g/mol. The van der Waals surface area contributed by atoms with E-state index >= 15 is 0 Å². The molecule has 0 spiro atoms. The van der Waals surface area contributed by atoms with Crippen molar-refractivity contribution in [1.82, 2.24) is 0 Å². The van der Waals surface area contributed by atoms with E-state index in [2.05, 4.69) is 66.3 Å². The summed E-state index contributed by atoms with van der Waals surface area (Å²) >= 11 is 1.75. The summed E-state index contributed by atoms with van der Waals surface area (Å²) in [6.45, 7) is 6.29. The highest BCUT2D eigenvalue weighted by Gasteiger charge is 2.10. The van der Waals surface area contributed by atoms with E-state index in [1.807, 2.05) is 0 Å². The van der Waals surface area contributed by atoms with Crippen molar-refractivity contribution in [3.8, 4) is 11.8 Å². The number of hydrogen-bond acceptors (Lipinski definition) is 3. The molecule has 110 valence electrons. The lowest BCUT2D eigenvalue weighted by Gasteiger charge is -2.24. The van der Waals surface area contributed by atoms with E-state index in [0.717, 1.165) is 18.7 Å². The molecule has 0 aliphatic heterocycles. The predicted molar refractivity (Wildman–Crippen MR) is 90.8 cm³/mol. The molecule has 0 radical (unpaired) electrons. The van der Waals surface area contributed by atoms with Crippen molar-refractivity contribution in [3.63, 3.8) is 0 Å². The molecule has 0 saturated heterocycles. The van der Waals surface area contributed by atoms with Gasteiger partial charge in [-0.2, -0.15) is 0 Å². The third kappa shape index (κ3) is 4.10. The van der Waals surface area contributed by atoms with E-state index in [4.69, 9.17) is 5.11 Å². The Hall–Kier alpha value is -1.76. The number of nitrogens with zero attached hydrogens (tertiary/aromatic N) is 1. The maximum Gasteiger partial charge on any atom is 0.0540 e. The second kappa shape index (κ2) is 7.87. The smallest absolute Gasteiger partial charge is 0.0540 e. The third-order valence-corrected chi connectivity index (χ3v) is 4.28. The molecule has 2 aromatic rings. The number of rotatable bonds is 5. The lowest BCUT2D eigenvalue weighted by Crippen LogP contribution is -2.22. The van der Waals surface area contributed by atoms with Crippen LogP contribution in [0.5, 0.6) is 0 Å². The van der Waals surface area contributed by atoms with Gasteiger partial charge in [-0.15, -0.1) is 11.3 Å². The average Bonchev–Trinajstić information content (AvgIpc) is 2.93. The molecule has 1 aromatic heterocycles. The summed E-state index contributed by atoms with van der Waals surface area (Å²) in [5.41, 5.74) is 3.66. The maximum absolute atomic E-state index is 8.82. The Morgan fingerprint density at radius 1 is 1.24 bits per heavy atom. The lowest BCUT2D eigenvalue weighted by molar-refractivity contribution is 0.305. The minimum absolute atomic E-state index is 0.122. The number of anilines is 1. The van der Waals surface area contributed by atoms with Gasteiger partial charge in [0.05, 0.1) is 13.2 Å². The van der Waals surface area contributed by atoms with E-state index < -0.39 is 0 Å². The van der Waals surface area contributed by atoms with Crippen LogP contribution in [0.15, 0.2) is 35.7 Å². The molecule has 0 amide bonds. The number of thiophene rings is 1. The second-order valence-electron chi connectivity index (χ2n) is 4.83. The Bertz CT molecular complexity index is 636. The fourth-order valence-corrected chi connectivity index (χ4v) is 3.09. The van der Waals surface area contributed by atoms with Gasteiger partial charge >= 0.3 is 0 Å². The van der Waals surface area contributed by atoms with E-state index in [1.165, 1.54) is 16.1 Å². The summed E-state index contributed by atoms with van der Waals surface area (Å²) in [5, 5.41) is 10.9. The van der Waals surface area contributed by atoms with Gasteiger partial charge in [-0.25, -0.2) is 0 Å². The van der Waals surface area contributed by atoms with Crippen LogP contribution in [-0.4, -0.2) is 18.3 Å². The highest BCUT2D eigenvalue weighted by molar-refractivity contribution is 7.10. The minimum atomic E-state index is 0.122. The van der Waals surface area contributed by atoms with Crippen LogP contribution in [-0.2, 0) is 6.54 Å². The van der Waals surface area contributed by atoms with Gasteiger partial charge in [0.2, 0.25) is 0 Å². The fourth-order valence-electron chi connectivity index (χ4n) is 2.25. The van der Waals surface area contributed by atoms with Crippen molar-refractivity contribution in [1.29, 1.82) is 0 Å². The van der Waals surface area contributed by atoms with Gasteiger partial charge in [-0.05, 0) is 36.9 Å². The lowest BCUT2D eigenvalue weighted by atomic mass is 10.1. The third-order valence-electron chi connectivity index (χ3n) is 3.38. The van der Waals surface area contributed by atoms with Crippen molar-refractivity contribution in [3.05, 3.63) is 51.7 Å². The molecule has 0 unspecified atom stereocenters. The van der Waals surface area contributed by atoms with Crippen molar-refractivity contribution in [2.45, 2.75) is 26.8 Å². The molecule has 0 saturated carbocycles. The van der Waals surface area contributed by atoms with Gasteiger partial charge in [0.1, 0.15) is 0 Å². The monoisotopic (exact) mass is 299 g/mol. The van der Waals surface area contributed by atoms with Crippen LogP contribution in [0.4, 0.5) is 5.69 Å². The summed E-state index contributed by atoms with van der Waals surface area (Å²) in [7, 11) is 0. The Morgan fingerprint density at radius 3 is 2.76 bits per heavy atom. The Labute approximate surface area is 131 Å². The maximum atomic E-state index is 8.82. The summed E-state index contributed by atoms with van der Waals surface area (Å²) in [6, 6.07) is 10.5. The molecule has 0 aliphatic carbocycles. The van der Waals surface area contributed by atoms with Crippen molar-refractivity contribution < 1.29 is 5.11 Å². The van der Waals surface area contributed by atoms with E-state index in [-0.39, 0.29) is 6.61 Å². The Kier molecular flexibility index (Phi) is 5.86. The molecular formula is C18H21NOS. The number of aliphatic hydroxyl groups is 1. The number of para-hydroxylation sites is 1. The van der Waals surface area contributed by atoms with Crippen molar-refractivity contribution in [2.24, 2.45) is 0 Å². The molecule has 2 rings (SSSR count). The molecule has 0 bridgehead atoms. The summed E-state index contributed by atoms with van der Waals surface area (Å²) in [5.74, 6) is 6.17. The first-order chi connectivity index (χ1) is 10.3. The molecule has 3 heteroatoms. The standard InChI is InChI=1S/C18H21NOS/c1-3-19(17-10-5-4-8-15(17)2)14-18-16(11-13-21-18)9-6-7-12-20/h4-5,8,10-11,13,20H,3,7,12,14H2,1-2H3. The number of aryl methyl sites for hydroxylation is 1. The van der Waals surface area contributed by atoms with Gasteiger partial charge in [-0.3, -0.25) is 0 Å². The highest BCUT2D eigenvalue weighted by atomic mass is 32.1. The number of benzene rings is 1. The minimum Gasteiger partial charge on any atom is -0.395 e. The molecule has 0 aliphatic rings. The zero-order valence-corrected chi connectivity index (χ0v) is 13.4. The first-order valence-corrected chi connectivity index (χ1v) is 8.11. The Morgan fingerprint density at radius 2 is 2.05 bits per heavy atom. The van der Waals surface area contributed by atoms with Crippen LogP contribution in [0, 0.1) is 18.8 Å². The van der Waals surface area contributed by atoms with Crippen LogP contribution < -0.4 is 4.90 Å².